The van der Waals surface area contributed by atoms with Gasteiger partial charge in [0, 0.05) is 36.6 Å². The molecule has 8 heteroatoms. The molecule has 7 nitrogen and oxygen atoms in total. The van der Waals surface area contributed by atoms with Crippen molar-refractivity contribution in [2.45, 2.75) is 18.9 Å². The molecule has 0 radical (unpaired) electrons. The van der Waals surface area contributed by atoms with Crippen molar-refractivity contribution < 1.29 is 9.18 Å². The highest BCUT2D eigenvalue weighted by Crippen LogP contribution is 2.22. The first-order valence-electron chi connectivity index (χ1n) is 8.45. The van der Waals surface area contributed by atoms with E-state index in [9.17, 15) is 9.18 Å². The quantitative estimate of drug-likeness (QED) is 0.723. The van der Waals surface area contributed by atoms with Gasteiger partial charge >= 0.3 is 0 Å². The van der Waals surface area contributed by atoms with Gasteiger partial charge in [-0.2, -0.15) is 4.80 Å². The van der Waals surface area contributed by atoms with Crippen molar-refractivity contribution in [1.29, 1.82) is 0 Å². The Balaban J connectivity index is 1.49. The predicted octanol–water partition coefficient (Wildman–Crippen LogP) is 2.35. The molecule has 4 rings (SSSR count). The number of piperidine rings is 1. The van der Waals surface area contributed by atoms with Crippen LogP contribution >= 0.6 is 0 Å². The number of benzene rings is 1. The molecular formula is C18H17FN6O. The van der Waals surface area contributed by atoms with Crippen molar-refractivity contribution >= 4 is 5.91 Å². The number of likely N-dealkylation sites (tertiary alicyclic amines) is 1. The van der Waals surface area contributed by atoms with E-state index in [4.69, 9.17) is 0 Å². The van der Waals surface area contributed by atoms with Crippen LogP contribution in [0.5, 0.6) is 0 Å². The zero-order valence-corrected chi connectivity index (χ0v) is 14.0. The monoisotopic (exact) mass is 352 g/mol. The number of rotatable bonds is 3. The van der Waals surface area contributed by atoms with Gasteiger partial charge in [0.1, 0.15) is 5.82 Å². The molecular weight excluding hydrogens is 335 g/mol. The topological polar surface area (TPSA) is 76.8 Å². The minimum Gasteiger partial charge on any atom is -0.336 e. The van der Waals surface area contributed by atoms with Crippen molar-refractivity contribution in [2.24, 2.45) is 0 Å². The largest absolute Gasteiger partial charge is 0.336 e. The summed E-state index contributed by atoms with van der Waals surface area (Å²) in [7, 11) is 0. The number of tetrazole rings is 1. The van der Waals surface area contributed by atoms with E-state index in [2.05, 4.69) is 20.4 Å². The number of pyridine rings is 1. The van der Waals surface area contributed by atoms with Crippen LogP contribution in [-0.4, -0.2) is 49.1 Å². The second-order valence-electron chi connectivity index (χ2n) is 6.23. The van der Waals surface area contributed by atoms with E-state index in [0.717, 1.165) is 18.4 Å². The van der Waals surface area contributed by atoms with Gasteiger partial charge in [0.05, 0.1) is 6.04 Å². The first-order chi connectivity index (χ1) is 12.7. The number of hydrogen-bond acceptors (Lipinski definition) is 5. The number of carbonyl (C=O) groups excluding carboxylic acids is 1. The molecule has 0 aliphatic carbocycles. The van der Waals surface area contributed by atoms with Crippen LogP contribution in [0, 0.1) is 5.82 Å². The lowest BCUT2D eigenvalue weighted by Gasteiger charge is -2.31. The van der Waals surface area contributed by atoms with E-state index >= 15 is 0 Å². The van der Waals surface area contributed by atoms with Crippen LogP contribution in [0.3, 0.4) is 0 Å². The molecule has 1 aliphatic heterocycles. The van der Waals surface area contributed by atoms with E-state index in [1.807, 2.05) is 12.1 Å². The number of hydrogen-bond donors (Lipinski definition) is 0. The highest BCUT2D eigenvalue weighted by molar-refractivity contribution is 5.94. The number of carbonyl (C=O) groups is 1. The summed E-state index contributed by atoms with van der Waals surface area (Å²) < 4.78 is 13.1. The van der Waals surface area contributed by atoms with Crippen LogP contribution in [0.25, 0.3) is 11.4 Å². The van der Waals surface area contributed by atoms with Crippen molar-refractivity contribution in [2.75, 3.05) is 13.1 Å². The second-order valence-corrected chi connectivity index (χ2v) is 6.23. The molecule has 1 aromatic carbocycles. The highest BCUT2D eigenvalue weighted by Gasteiger charge is 2.27. The molecule has 3 heterocycles. The van der Waals surface area contributed by atoms with Crippen LogP contribution in [0.4, 0.5) is 4.39 Å². The molecule has 0 bridgehead atoms. The zero-order chi connectivity index (χ0) is 17.9. The molecule has 1 aliphatic rings. The molecule has 1 saturated heterocycles. The molecule has 1 fully saturated rings. The fourth-order valence-electron chi connectivity index (χ4n) is 3.09. The third-order valence-electron chi connectivity index (χ3n) is 4.45. The number of aromatic nitrogens is 5. The van der Waals surface area contributed by atoms with Crippen molar-refractivity contribution in [3.8, 4) is 11.4 Å². The van der Waals surface area contributed by atoms with Crippen LogP contribution in [0.1, 0.15) is 29.2 Å². The summed E-state index contributed by atoms with van der Waals surface area (Å²) in [6, 6.07) is 9.28. The normalized spacial score (nSPS) is 17.3. The van der Waals surface area contributed by atoms with Crippen molar-refractivity contribution in [3.63, 3.8) is 0 Å². The molecule has 0 saturated carbocycles. The van der Waals surface area contributed by atoms with Gasteiger partial charge in [-0.25, -0.2) is 4.39 Å². The van der Waals surface area contributed by atoms with Crippen LogP contribution < -0.4 is 0 Å². The van der Waals surface area contributed by atoms with E-state index < -0.39 is 0 Å². The molecule has 3 aromatic rings. The summed E-state index contributed by atoms with van der Waals surface area (Å²) in [5.41, 5.74) is 1.28. The SMILES string of the molecule is O=C(c1ccc(F)cc1)N1CCCC(n2nnc(-c3cccnc3)n2)C1. The Labute approximate surface area is 149 Å². The Morgan fingerprint density at radius 2 is 2.04 bits per heavy atom. The second kappa shape index (κ2) is 6.99. The van der Waals surface area contributed by atoms with Gasteiger partial charge in [0.25, 0.3) is 5.91 Å². The maximum Gasteiger partial charge on any atom is 0.253 e. The fraction of sp³-hybridized carbons (Fsp3) is 0.278. The third kappa shape index (κ3) is 3.30. The van der Waals surface area contributed by atoms with Crippen molar-refractivity contribution in [3.05, 3.63) is 60.2 Å². The van der Waals surface area contributed by atoms with E-state index in [1.54, 1.807) is 22.1 Å². The fourth-order valence-corrected chi connectivity index (χ4v) is 3.09. The summed E-state index contributed by atoms with van der Waals surface area (Å²) in [4.78, 5) is 20.0. The van der Waals surface area contributed by atoms with Crippen LogP contribution in [0.2, 0.25) is 0 Å². The number of amides is 1. The van der Waals surface area contributed by atoms with E-state index in [-0.39, 0.29) is 17.8 Å². The molecule has 132 valence electrons. The first kappa shape index (κ1) is 16.3. The highest BCUT2D eigenvalue weighted by atomic mass is 19.1. The molecule has 1 atom stereocenters. The Morgan fingerprint density at radius 3 is 2.81 bits per heavy atom. The maximum atomic E-state index is 13.1. The average molecular weight is 352 g/mol. The summed E-state index contributed by atoms with van der Waals surface area (Å²) in [5.74, 6) is 0.0511. The Kier molecular flexibility index (Phi) is 4.39. The van der Waals surface area contributed by atoms with Gasteiger partial charge in [-0.15, -0.1) is 10.2 Å². The number of nitrogens with zero attached hydrogens (tertiary/aromatic N) is 6. The Bertz CT molecular complexity index is 896. The van der Waals surface area contributed by atoms with Gasteiger partial charge in [0.15, 0.2) is 0 Å². The lowest BCUT2D eigenvalue weighted by Crippen LogP contribution is -2.41. The molecule has 1 unspecified atom stereocenters. The molecule has 0 N–H and O–H groups in total. The van der Waals surface area contributed by atoms with Gasteiger partial charge in [-0.1, -0.05) is 0 Å². The Morgan fingerprint density at radius 1 is 1.19 bits per heavy atom. The van der Waals surface area contributed by atoms with Gasteiger partial charge in [0.2, 0.25) is 5.82 Å². The average Bonchev–Trinajstić information content (AvgIpc) is 3.19. The summed E-state index contributed by atoms with van der Waals surface area (Å²) in [5, 5.41) is 12.7. The van der Waals surface area contributed by atoms with Crippen LogP contribution in [0.15, 0.2) is 48.8 Å². The Hall–Kier alpha value is -3.16. The lowest BCUT2D eigenvalue weighted by molar-refractivity contribution is 0.0663. The summed E-state index contributed by atoms with van der Waals surface area (Å²) in [6.07, 6.45) is 5.10. The third-order valence-corrected chi connectivity index (χ3v) is 4.45. The van der Waals surface area contributed by atoms with E-state index in [0.29, 0.717) is 24.5 Å². The smallest absolute Gasteiger partial charge is 0.253 e. The summed E-state index contributed by atoms with van der Waals surface area (Å²) >= 11 is 0. The standard InChI is InChI=1S/C18H17FN6O/c19-15-7-5-13(6-8-15)18(26)24-10-2-4-16(12-24)25-22-17(21-23-25)14-3-1-9-20-11-14/h1,3,5-9,11,16H,2,4,10,12H2. The van der Waals surface area contributed by atoms with Gasteiger partial charge in [-0.3, -0.25) is 9.78 Å². The van der Waals surface area contributed by atoms with Crippen molar-refractivity contribution in [1.82, 2.24) is 30.1 Å². The molecule has 1 amide bonds. The lowest BCUT2D eigenvalue weighted by atomic mass is 10.0. The maximum absolute atomic E-state index is 13.1. The zero-order valence-electron chi connectivity index (χ0n) is 14.0. The van der Waals surface area contributed by atoms with E-state index in [1.165, 1.54) is 24.3 Å². The van der Waals surface area contributed by atoms with Gasteiger partial charge in [-0.05, 0) is 54.5 Å². The van der Waals surface area contributed by atoms with Crippen LogP contribution in [-0.2, 0) is 0 Å². The molecule has 26 heavy (non-hydrogen) atoms. The first-order valence-corrected chi connectivity index (χ1v) is 8.45. The minimum atomic E-state index is -0.354. The van der Waals surface area contributed by atoms with Gasteiger partial charge < -0.3 is 4.90 Å². The molecule has 0 spiro atoms. The predicted molar refractivity (Wildman–Crippen MR) is 91.6 cm³/mol. The number of halogens is 1. The molecule has 2 aromatic heterocycles. The minimum absolute atomic E-state index is 0.0360. The summed E-state index contributed by atoms with van der Waals surface area (Å²) in [6.45, 7) is 1.16.